The largest absolute Gasteiger partial charge is 0.481 e. The summed E-state index contributed by atoms with van der Waals surface area (Å²) in [6, 6.07) is 12.0. The van der Waals surface area contributed by atoms with Crippen LogP contribution in [0.3, 0.4) is 0 Å². The van der Waals surface area contributed by atoms with Gasteiger partial charge in [-0.3, -0.25) is 4.79 Å². The smallest absolute Gasteiger partial charge is 0.263 e. The summed E-state index contributed by atoms with van der Waals surface area (Å²) in [7, 11) is -3.16. The second-order valence-corrected chi connectivity index (χ2v) is 9.53. The lowest BCUT2D eigenvalue weighted by Crippen LogP contribution is -2.46. The minimum atomic E-state index is -3.16. The first-order valence-corrected chi connectivity index (χ1v) is 11.1. The summed E-state index contributed by atoms with van der Waals surface area (Å²) in [4.78, 5) is 14.6. The molecule has 1 aliphatic heterocycles. The lowest BCUT2D eigenvalue weighted by atomic mass is 10.1. The molecule has 0 saturated carbocycles. The van der Waals surface area contributed by atoms with E-state index in [9.17, 15) is 17.6 Å². The zero-order valence-corrected chi connectivity index (χ0v) is 16.9. The fourth-order valence-corrected chi connectivity index (χ4v) is 5.05. The van der Waals surface area contributed by atoms with Gasteiger partial charge in [0.25, 0.3) is 5.91 Å². The quantitative estimate of drug-likeness (QED) is 0.711. The van der Waals surface area contributed by atoms with Crippen molar-refractivity contribution in [2.75, 3.05) is 11.5 Å². The van der Waals surface area contributed by atoms with E-state index >= 15 is 0 Å². The van der Waals surface area contributed by atoms with Crippen LogP contribution >= 0.6 is 11.6 Å². The van der Waals surface area contributed by atoms with Gasteiger partial charge in [0.2, 0.25) is 0 Å². The number of ether oxygens (including phenoxy) is 1. The van der Waals surface area contributed by atoms with Gasteiger partial charge >= 0.3 is 0 Å². The molecule has 1 fully saturated rings. The van der Waals surface area contributed by atoms with Crippen LogP contribution in [0.5, 0.6) is 5.75 Å². The van der Waals surface area contributed by atoms with Gasteiger partial charge in [-0.15, -0.1) is 0 Å². The molecular weight excluding hydrogens is 405 g/mol. The van der Waals surface area contributed by atoms with Gasteiger partial charge in [-0.05, 0) is 55.3 Å². The molecule has 0 N–H and O–H groups in total. The molecule has 0 spiro atoms. The van der Waals surface area contributed by atoms with Gasteiger partial charge in [-0.2, -0.15) is 0 Å². The third-order valence-corrected chi connectivity index (χ3v) is 6.68. The molecule has 1 saturated heterocycles. The monoisotopic (exact) mass is 425 g/mol. The fourth-order valence-electron chi connectivity index (χ4n) is 3.20. The molecule has 0 bridgehead atoms. The topological polar surface area (TPSA) is 63.7 Å². The molecule has 150 valence electrons. The van der Waals surface area contributed by atoms with Crippen molar-refractivity contribution in [3.63, 3.8) is 0 Å². The normalized spacial score (nSPS) is 19.2. The summed E-state index contributed by atoms with van der Waals surface area (Å²) in [6.45, 7) is 1.86. The highest BCUT2D eigenvalue weighted by molar-refractivity contribution is 7.91. The molecule has 28 heavy (non-hydrogen) atoms. The first kappa shape index (κ1) is 20.6. The summed E-state index contributed by atoms with van der Waals surface area (Å²) in [6.07, 6.45) is -0.452. The minimum Gasteiger partial charge on any atom is -0.481 e. The van der Waals surface area contributed by atoms with Crippen molar-refractivity contribution in [3.05, 3.63) is 64.9 Å². The Kier molecular flexibility index (Phi) is 6.25. The summed E-state index contributed by atoms with van der Waals surface area (Å²) in [5, 5.41) is 0.582. The van der Waals surface area contributed by atoms with Gasteiger partial charge in [-0.25, -0.2) is 12.8 Å². The van der Waals surface area contributed by atoms with Crippen LogP contribution in [0, 0.1) is 5.82 Å². The van der Waals surface area contributed by atoms with Gasteiger partial charge in [-0.1, -0.05) is 23.7 Å². The third kappa shape index (κ3) is 5.23. The van der Waals surface area contributed by atoms with Gasteiger partial charge in [0.05, 0.1) is 11.5 Å². The molecule has 0 aliphatic carbocycles. The number of rotatable bonds is 6. The van der Waals surface area contributed by atoms with Crippen LogP contribution in [-0.4, -0.2) is 42.9 Å². The summed E-state index contributed by atoms with van der Waals surface area (Å²) in [5.41, 5.74) is 0.844. The number of amides is 1. The number of hydrogen-bond donors (Lipinski definition) is 0. The second-order valence-electron chi connectivity index (χ2n) is 6.86. The van der Waals surface area contributed by atoms with E-state index in [1.54, 1.807) is 36.1 Å². The lowest BCUT2D eigenvalue weighted by Gasteiger charge is -2.31. The van der Waals surface area contributed by atoms with Gasteiger partial charge in [0, 0.05) is 17.6 Å². The number of hydrogen-bond acceptors (Lipinski definition) is 4. The first-order chi connectivity index (χ1) is 13.2. The van der Waals surface area contributed by atoms with Crippen LogP contribution in [0.25, 0.3) is 0 Å². The number of sulfone groups is 1. The molecule has 2 aromatic rings. The molecule has 5 nitrogen and oxygen atoms in total. The van der Waals surface area contributed by atoms with Crippen molar-refractivity contribution in [2.45, 2.75) is 32.0 Å². The van der Waals surface area contributed by atoms with Crippen molar-refractivity contribution in [3.8, 4) is 5.75 Å². The average Bonchev–Trinajstić information content (AvgIpc) is 3.02. The van der Waals surface area contributed by atoms with Gasteiger partial charge < -0.3 is 9.64 Å². The van der Waals surface area contributed by atoms with Crippen LogP contribution in [-0.2, 0) is 21.2 Å². The molecule has 0 radical (unpaired) electrons. The Hall–Kier alpha value is -2.12. The molecular formula is C20H21ClFNO4S. The van der Waals surface area contributed by atoms with Crippen molar-refractivity contribution in [1.29, 1.82) is 0 Å². The number of nitrogens with zero attached hydrogens (tertiary/aromatic N) is 1. The third-order valence-electron chi connectivity index (χ3n) is 4.67. The van der Waals surface area contributed by atoms with E-state index in [1.807, 2.05) is 0 Å². The Bertz CT molecular complexity index is 932. The molecule has 2 atom stereocenters. The number of carbonyl (C=O) groups is 1. The SMILES string of the molecule is C[C@@H](Oc1ccc(F)cc1)C(=O)N(Cc1ccc(Cl)cc1)[C@H]1CCS(=O)(=O)C1. The second kappa shape index (κ2) is 8.49. The predicted octanol–water partition coefficient (Wildman–Crippen LogP) is 3.46. The number of carbonyl (C=O) groups excluding carboxylic acids is 1. The Labute approximate surface area is 169 Å². The molecule has 1 amide bonds. The Morgan fingerprint density at radius 1 is 1.21 bits per heavy atom. The van der Waals surface area contributed by atoms with Crippen LogP contribution in [0.2, 0.25) is 5.02 Å². The number of benzene rings is 2. The maximum absolute atomic E-state index is 13.1. The fraction of sp³-hybridized carbons (Fsp3) is 0.350. The lowest BCUT2D eigenvalue weighted by molar-refractivity contribution is -0.140. The average molecular weight is 426 g/mol. The van der Waals surface area contributed by atoms with Crippen LogP contribution in [0.1, 0.15) is 18.9 Å². The predicted molar refractivity (Wildman–Crippen MR) is 106 cm³/mol. The molecule has 3 rings (SSSR count). The molecule has 0 unspecified atom stereocenters. The molecule has 0 aromatic heterocycles. The Balaban J connectivity index is 1.79. The van der Waals surface area contributed by atoms with Crippen molar-refractivity contribution >= 4 is 27.3 Å². The van der Waals surface area contributed by atoms with Gasteiger partial charge in [0.1, 0.15) is 11.6 Å². The summed E-state index contributed by atoms with van der Waals surface area (Å²) >= 11 is 5.92. The standard InChI is InChI=1S/C20H21ClFNO4S/c1-14(27-19-8-6-17(22)7-9-19)20(24)23(18-10-11-28(25,26)13-18)12-15-2-4-16(21)5-3-15/h2-9,14,18H,10-13H2,1H3/t14-,18+/m1/s1. The van der Waals surface area contributed by atoms with E-state index in [2.05, 4.69) is 0 Å². The Morgan fingerprint density at radius 3 is 2.43 bits per heavy atom. The van der Waals surface area contributed by atoms with Crippen LogP contribution < -0.4 is 4.74 Å². The van der Waals surface area contributed by atoms with E-state index in [0.717, 1.165) is 5.56 Å². The highest BCUT2D eigenvalue weighted by atomic mass is 35.5. The molecule has 2 aromatic carbocycles. The summed E-state index contributed by atoms with van der Waals surface area (Å²) in [5.74, 6) is -0.342. The first-order valence-electron chi connectivity index (χ1n) is 8.91. The highest BCUT2D eigenvalue weighted by Gasteiger charge is 2.36. The van der Waals surface area contributed by atoms with E-state index in [-0.39, 0.29) is 24.0 Å². The molecule has 1 heterocycles. The van der Waals surface area contributed by atoms with Crippen LogP contribution in [0.15, 0.2) is 48.5 Å². The number of halogens is 2. The zero-order chi connectivity index (χ0) is 20.3. The van der Waals surface area contributed by atoms with E-state index in [4.69, 9.17) is 16.3 Å². The van der Waals surface area contributed by atoms with Gasteiger partial charge in [0.15, 0.2) is 15.9 Å². The summed E-state index contributed by atoms with van der Waals surface area (Å²) < 4.78 is 42.6. The van der Waals surface area contributed by atoms with Crippen molar-refractivity contribution in [2.24, 2.45) is 0 Å². The highest BCUT2D eigenvalue weighted by Crippen LogP contribution is 2.23. The Morgan fingerprint density at radius 2 is 1.86 bits per heavy atom. The zero-order valence-electron chi connectivity index (χ0n) is 15.3. The maximum Gasteiger partial charge on any atom is 0.263 e. The molecule has 8 heteroatoms. The van der Waals surface area contributed by atoms with E-state index in [0.29, 0.717) is 17.2 Å². The minimum absolute atomic E-state index is 0.0599. The molecule has 1 aliphatic rings. The maximum atomic E-state index is 13.1. The van der Waals surface area contributed by atoms with Crippen molar-refractivity contribution in [1.82, 2.24) is 4.90 Å². The van der Waals surface area contributed by atoms with E-state index in [1.165, 1.54) is 24.3 Å². The van der Waals surface area contributed by atoms with E-state index < -0.39 is 27.8 Å². The van der Waals surface area contributed by atoms with Crippen LogP contribution in [0.4, 0.5) is 4.39 Å². The van der Waals surface area contributed by atoms with Crippen molar-refractivity contribution < 1.29 is 22.3 Å².